The van der Waals surface area contributed by atoms with Crippen LogP contribution >= 0.6 is 0 Å². The predicted molar refractivity (Wildman–Crippen MR) is 158 cm³/mol. The fourth-order valence-electron chi connectivity index (χ4n) is 3.74. The molecular formula is C26H46O6Si5. The first-order valence-electron chi connectivity index (χ1n) is 12.6. The fourth-order valence-corrected chi connectivity index (χ4v) is 7.04. The largest absolute Gasteiger partial charge is 0.516 e. The van der Waals surface area contributed by atoms with Crippen LogP contribution in [-0.2, 0) is 33.0 Å². The van der Waals surface area contributed by atoms with Gasteiger partial charge in [0.1, 0.15) is 12.6 Å². The second-order valence-electron chi connectivity index (χ2n) is 11.7. The zero-order valence-corrected chi connectivity index (χ0v) is 30.3. The Morgan fingerprint density at radius 2 is 1.16 bits per heavy atom. The van der Waals surface area contributed by atoms with E-state index in [0.717, 1.165) is 16.7 Å². The van der Waals surface area contributed by atoms with Gasteiger partial charge in [-0.1, -0.05) is 54.5 Å². The average Bonchev–Trinajstić information content (AvgIpc) is 2.77. The highest BCUT2D eigenvalue weighted by Gasteiger charge is 2.43. The molecule has 8 radical (unpaired) electrons. The zero-order chi connectivity index (χ0) is 28.8. The van der Waals surface area contributed by atoms with E-state index >= 15 is 0 Å². The summed E-state index contributed by atoms with van der Waals surface area (Å²) in [5, 5.41) is -0.0939. The smallest absolute Gasteiger partial charge is 0.325 e. The minimum absolute atomic E-state index is 0.0939. The Hall–Kier alpha value is -0.386. The Morgan fingerprint density at radius 3 is 1.54 bits per heavy atom. The monoisotopic (exact) mass is 594 g/mol. The highest BCUT2D eigenvalue weighted by molar-refractivity contribution is 6.75. The van der Waals surface area contributed by atoms with Crippen molar-refractivity contribution in [3.8, 4) is 0 Å². The maximum absolute atomic E-state index is 13.8. The molecule has 0 atom stereocenters. The van der Waals surface area contributed by atoms with Gasteiger partial charge in [0.05, 0.1) is 5.56 Å². The molecule has 1 aromatic rings. The topological polar surface area (TPSA) is 63.2 Å². The molecule has 37 heavy (non-hydrogen) atoms. The van der Waals surface area contributed by atoms with E-state index in [1.54, 1.807) is 0 Å². The molecule has 1 aromatic carbocycles. The van der Waals surface area contributed by atoms with Gasteiger partial charge < -0.3 is 22.1 Å². The predicted octanol–water partition coefficient (Wildman–Crippen LogP) is 6.10. The average molecular weight is 595 g/mol. The molecule has 6 nitrogen and oxygen atoms in total. The molecule has 0 aromatic heterocycles. The summed E-state index contributed by atoms with van der Waals surface area (Å²) in [5.74, 6) is -0.278. The van der Waals surface area contributed by atoms with Crippen LogP contribution in [-0.4, -0.2) is 65.9 Å². The summed E-state index contributed by atoms with van der Waals surface area (Å²) in [6, 6.07) is 4.15. The summed E-state index contributed by atoms with van der Waals surface area (Å²) >= 11 is 0. The van der Waals surface area contributed by atoms with Gasteiger partial charge in [-0.2, -0.15) is 0 Å². The van der Waals surface area contributed by atoms with Crippen molar-refractivity contribution in [2.24, 2.45) is 0 Å². The molecule has 0 heterocycles. The lowest BCUT2D eigenvalue weighted by Crippen LogP contribution is -2.44. The van der Waals surface area contributed by atoms with Crippen LogP contribution in [0.2, 0.25) is 44.3 Å². The molecule has 0 N–H and O–H groups in total. The molecule has 0 aliphatic rings. The normalized spacial score (nSPS) is 13.5. The molecule has 0 amide bonds. The number of carbonyl (C=O) groups is 1. The van der Waals surface area contributed by atoms with Crippen molar-refractivity contribution < 1.29 is 26.9 Å². The van der Waals surface area contributed by atoms with Gasteiger partial charge in [0.2, 0.25) is 39.1 Å². The Bertz CT molecular complexity index is 886. The first-order chi connectivity index (χ1) is 16.9. The van der Waals surface area contributed by atoms with Crippen LogP contribution in [0.3, 0.4) is 0 Å². The van der Waals surface area contributed by atoms with Crippen LogP contribution in [0.1, 0.15) is 75.5 Å². The summed E-state index contributed by atoms with van der Waals surface area (Å²) in [7, 11) is -1.22. The number of rotatable bonds is 14. The Labute approximate surface area is 237 Å². The molecule has 0 fully saturated rings. The zero-order valence-electron chi connectivity index (χ0n) is 25.3. The number of hydrogen-bond donors (Lipinski definition) is 0. The molecule has 0 spiro atoms. The van der Waals surface area contributed by atoms with Crippen LogP contribution in [0, 0.1) is 6.92 Å². The van der Waals surface area contributed by atoms with Crippen molar-refractivity contribution in [1.29, 1.82) is 0 Å². The Balaban J connectivity index is 3.89. The lowest BCUT2D eigenvalue weighted by atomic mass is 9.75. The van der Waals surface area contributed by atoms with Gasteiger partial charge in [0.25, 0.3) is 8.32 Å². The van der Waals surface area contributed by atoms with Crippen LogP contribution < -0.4 is 0 Å². The summed E-state index contributed by atoms with van der Waals surface area (Å²) in [4.78, 5) is 13.8. The molecule has 0 bridgehead atoms. The van der Waals surface area contributed by atoms with Gasteiger partial charge in [-0.25, -0.2) is 4.79 Å². The van der Waals surface area contributed by atoms with Gasteiger partial charge in [-0.3, -0.25) is 0 Å². The third-order valence-electron chi connectivity index (χ3n) is 7.30. The highest BCUT2D eigenvalue weighted by atomic mass is 28.4. The lowest BCUT2D eigenvalue weighted by Gasteiger charge is -2.39. The van der Waals surface area contributed by atoms with Gasteiger partial charge in [-0.15, -0.1) is 0 Å². The van der Waals surface area contributed by atoms with Crippen LogP contribution in [0.5, 0.6) is 0 Å². The van der Waals surface area contributed by atoms with Gasteiger partial charge in [-0.05, 0) is 74.0 Å². The van der Waals surface area contributed by atoms with Crippen LogP contribution in [0.25, 0.3) is 0 Å². The van der Waals surface area contributed by atoms with Gasteiger partial charge in [0.15, 0.2) is 0 Å². The van der Waals surface area contributed by atoms with Crippen molar-refractivity contribution in [2.75, 3.05) is 0 Å². The van der Waals surface area contributed by atoms with E-state index < -0.39 is 31.7 Å². The summed E-state index contributed by atoms with van der Waals surface area (Å²) < 4.78 is 30.6. The molecule has 11 heteroatoms. The van der Waals surface area contributed by atoms with E-state index in [4.69, 9.17) is 22.1 Å². The standard InChI is InChI=1S/C26H46O6Si5/c1-17-19(21(27)32-37(13,14)24(2,3)4)15-18(25(5,6)22(28-33-9)29-34-10)16-20(17)26(7,8)23(30-35-11)31-36-12/h15-16,22-23H,1-14H3. The molecule has 0 saturated carbocycles. The van der Waals surface area contributed by atoms with Crippen LogP contribution in [0.15, 0.2) is 12.1 Å². The van der Waals surface area contributed by atoms with E-state index in [2.05, 4.69) is 67.6 Å². The maximum Gasteiger partial charge on any atom is 0.325 e. The SMILES string of the molecule is C[Si]OC(O[Si]C)C(C)(C)c1cc(C(=O)O[Si](C)(C)C(C)(C)C)c(C)c(C(C)(C)C(O[Si]C)O[Si]C)c1. The Morgan fingerprint density at radius 1 is 0.757 bits per heavy atom. The van der Waals surface area contributed by atoms with E-state index in [-0.39, 0.29) is 50.1 Å². The van der Waals surface area contributed by atoms with Crippen molar-refractivity contribution in [3.63, 3.8) is 0 Å². The number of hydrogen-bond acceptors (Lipinski definition) is 6. The van der Waals surface area contributed by atoms with Gasteiger partial charge >= 0.3 is 5.97 Å². The first kappa shape index (κ1) is 34.6. The van der Waals surface area contributed by atoms with E-state index in [1.165, 1.54) is 0 Å². The van der Waals surface area contributed by atoms with Crippen molar-refractivity contribution in [2.45, 2.75) is 123 Å². The van der Waals surface area contributed by atoms with Crippen molar-refractivity contribution in [3.05, 3.63) is 34.4 Å². The Kier molecular flexibility index (Phi) is 12.9. The second-order valence-corrected chi connectivity index (χ2v) is 19.0. The third-order valence-corrected chi connectivity index (χ3v) is 13.4. The molecule has 0 aliphatic heterocycles. The minimum Gasteiger partial charge on any atom is -0.516 e. The fraction of sp³-hybridized carbons (Fsp3) is 0.731. The molecule has 0 saturated heterocycles. The maximum atomic E-state index is 13.8. The first-order valence-corrected chi connectivity index (χ1v) is 21.1. The molecule has 0 aliphatic carbocycles. The third kappa shape index (κ3) is 8.30. The summed E-state index contributed by atoms with van der Waals surface area (Å²) in [6.45, 7) is 29.0. The quantitative estimate of drug-likeness (QED) is 0.192. The van der Waals surface area contributed by atoms with E-state index in [9.17, 15) is 4.79 Å². The van der Waals surface area contributed by atoms with E-state index in [0.29, 0.717) is 5.56 Å². The van der Waals surface area contributed by atoms with Crippen molar-refractivity contribution in [1.82, 2.24) is 0 Å². The molecule has 206 valence electrons. The van der Waals surface area contributed by atoms with Crippen molar-refractivity contribution >= 4 is 53.3 Å². The summed E-state index contributed by atoms with van der Waals surface area (Å²) in [6.07, 6.45) is -0.891. The minimum atomic E-state index is -2.34. The highest BCUT2D eigenvalue weighted by Crippen LogP contribution is 2.41. The number of carbonyl (C=O) groups excluding carboxylic acids is 1. The summed E-state index contributed by atoms with van der Waals surface area (Å²) in [5.41, 5.74) is 2.38. The van der Waals surface area contributed by atoms with Gasteiger partial charge in [0, 0.05) is 10.8 Å². The van der Waals surface area contributed by atoms with Crippen LogP contribution in [0.4, 0.5) is 0 Å². The number of benzene rings is 1. The second kappa shape index (κ2) is 13.8. The molecule has 0 unspecified atom stereocenters. The lowest BCUT2D eigenvalue weighted by molar-refractivity contribution is -0.0456. The molecule has 1 rings (SSSR count). The van der Waals surface area contributed by atoms with E-state index in [1.807, 2.05) is 39.2 Å². The molecular weight excluding hydrogens is 549 g/mol.